The van der Waals surface area contributed by atoms with Crippen molar-refractivity contribution < 1.29 is 0 Å². The lowest BCUT2D eigenvalue weighted by molar-refractivity contribution is 0.744. The first-order valence-electron chi connectivity index (χ1n) is 23.0. The quantitative estimate of drug-likeness (QED) is 0.153. The number of thioether (sulfide) groups is 1. The largest absolute Gasteiger partial charge is 0.333 e. The first kappa shape index (κ1) is 38.1. The monoisotopic (exact) mass is 847 g/mol. The van der Waals surface area contributed by atoms with Crippen molar-refractivity contribution in [3.8, 4) is 33.4 Å². The predicted molar refractivity (Wildman–Crippen MR) is 278 cm³/mol. The van der Waals surface area contributed by atoms with E-state index >= 15 is 0 Å². The normalized spacial score (nSPS) is 19.0. The van der Waals surface area contributed by atoms with Crippen molar-refractivity contribution in [2.45, 2.75) is 35.6 Å². The van der Waals surface area contributed by atoms with E-state index in [1.54, 1.807) is 0 Å². The zero-order valence-corrected chi connectivity index (χ0v) is 36.8. The molecule has 2 bridgehead atoms. The van der Waals surface area contributed by atoms with Gasteiger partial charge in [-0.2, -0.15) is 0 Å². The van der Waals surface area contributed by atoms with E-state index in [1.165, 1.54) is 110 Å². The Balaban J connectivity index is 0.866. The van der Waals surface area contributed by atoms with E-state index in [2.05, 4.69) is 236 Å². The molecule has 2 aliphatic heterocycles. The second-order valence-electron chi connectivity index (χ2n) is 17.8. The number of fused-ring (bicyclic) bond motifs is 8. The molecule has 3 atom stereocenters. The van der Waals surface area contributed by atoms with Crippen LogP contribution in [0.15, 0.2) is 240 Å². The average molecular weight is 848 g/mol. The van der Waals surface area contributed by atoms with Gasteiger partial charge in [0.25, 0.3) is 0 Å². The van der Waals surface area contributed by atoms with Gasteiger partial charge >= 0.3 is 0 Å². The SMILES string of the molecule is C1=CC2C=C(Sc3c(-c4ccccc4)cccc32)C(c2ccc3c(c2)C2C=CC=CC2N3c2ccc(-c3ccc4c(-c5ccccc5)c5ccccc5c(C5=CCCC=C5)c4c3)cc2)=C1. The molecule has 0 radical (unpaired) electrons. The molecule has 8 aromatic rings. The lowest BCUT2D eigenvalue weighted by atomic mass is 9.84. The van der Waals surface area contributed by atoms with E-state index in [0.717, 1.165) is 12.8 Å². The summed E-state index contributed by atoms with van der Waals surface area (Å²) < 4.78 is 0. The van der Waals surface area contributed by atoms with Crippen LogP contribution < -0.4 is 4.90 Å². The highest BCUT2D eigenvalue weighted by atomic mass is 32.2. The van der Waals surface area contributed by atoms with Gasteiger partial charge < -0.3 is 4.90 Å². The lowest BCUT2D eigenvalue weighted by Crippen LogP contribution is -2.28. The molecule has 308 valence electrons. The summed E-state index contributed by atoms with van der Waals surface area (Å²) in [6.07, 6.45) is 27.9. The van der Waals surface area contributed by atoms with Crippen LogP contribution in [0.1, 0.15) is 46.9 Å². The van der Waals surface area contributed by atoms with Crippen molar-refractivity contribution in [2.75, 3.05) is 4.90 Å². The molecule has 0 aromatic heterocycles. The fourth-order valence-corrected chi connectivity index (χ4v) is 12.4. The zero-order chi connectivity index (χ0) is 42.8. The molecule has 5 aliphatic rings. The minimum atomic E-state index is 0.205. The predicted octanol–water partition coefficient (Wildman–Crippen LogP) is 17.2. The fourth-order valence-electron chi connectivity index (χ4n) is 11.1. The Hall–Kier alpha value is -7.39. The lowest BCUT2D eigenvalue weighted by Gasteiger charge is -2.29. The van der Waals surface area contributed by atoms with Crippen LogP contribution in [0.4, 0.5) is 11.4 Å². The summed E-state index contributed by atoms with van der Waals surface area (Å²) >= 11 is 1.92. The van der Waals surface area contributed by atoms with Crippen LogP contribution in [0, 0.1) is 0 Å². The van der Waals surface area contributed by atoms with Crippen molar-refractivity contribution in [1.29, 1.82) is 0 Å². The fraction of sp³-hybridized carbons (Fsp3) is 0.0794. The molecule has 0 fully saturated rings. The first-order chi connectivity index (χ1) is 32.2. The van der Waals surface area contributed by atoms with Crippen molar-refractivity contribution in [1.82, 2.24) is 0 Å². The van der Waals surface area contributed by atoms with Gasteiger partial charge in [0.1, 0.15) is 0 Å². The number of nitrogens with zero attached hydrogens (tertiary/aromatic N) is 1. The maximum atomic E-state index is 2.56. The molecule has 0 saturated carbocycles. The van der Waals surface area contributed by atoms with Gasteiger partial charge in [0, 0.05) is 33.0 Å². The summed E-state index contributed by atoms with van der Waals surface area (Å²) in [6, 6.07) is 61.4. The molecule has 65 heavy (non-hydrogen) atoms. The molecule has 1 nitrogen and oxygen atoms in total. The van der Waals surface area contributed by atoms with Gasteiger partial charge in [-0.3, -0.25) is 0 Å². The summed E-state index contributed by atoms with van der Waals surface area (Å²) in [5, 5.41) is 5.19. The standard InChI is InChI=1S/C63H45NS/c1-4-16-42(17-5-1)50-27-15-28-51-46-22-14-26-49(60(40-46)65-63(50)51)47-33-37-59-56(39-47)52-23-12-13-29-58(52)64(59)48-34-30-41(31-35-48)45-32-36-55-57(38-45)62(44-20-8-3-9-21-44)54-25-11-10-24-53(54)61(55)43-18-6-2-7-19-43/h1-2,4-8,10-40,46,52,58H,3,9H2. The minimum Gasteiger partial charge on any atom is -0.333 e. The summed E-state index contributed by atoms with van der Waals surface area (Å²) in [6.45, 7) is 0. The minimum absolute atomic E-state index is 0.205. The highest BCUT2D eigenvalue weighted by Gasteiger charge is 2.38. The van der Waals surface area contributed by atoms with E-state index in [1.807, 2.05) is 11.8 Å². The van der Waals surface area contributed by atoms with Crippen LogP contribution in [0.2, 0.25) is 0 Å². The van der Waals surface area contributed by atoms with Crippen molar-refractivity contribution >= 4 is 55.8 Å². The maximum Gasteiger partial charge on any atom is 0.0629 e. The molecule has 0 N–H and O–H groups in total. The molecule has 0 amide bonds. The molecule has 3 aliphatic carbocycles. The van der Waals surface area contributed by atoms with Gasteiger partial charge in [-0.05, 0) is 131 Å². The number of anilines is 2. The van der Waals surface area contributed by atoms with Crippen LogP contribution in [-0.2, 0) is 0 Å². The smallest absolute Gasteiger partial charge is 0.0629 e. The third kappa shape index (κ3) is 6.38. The van der Waals surface area contributed by atoms with Gasteiger partial charge in [0.2, 0.25) is 0 Å². The van der Waals surface area contributed by atoms with Crippen LogP contribution in [0.3, 0.4) is 0 Å². The van der Waals surface area contributed by atoms with Crippen LogP contribution >= 0.6 is 11.8 Å². The molecular formula is C63H45NS. The Morgan fingerprint density at radius 1 is 0.508 bits per heavy atom. The van der Waals surface area contributed by atoms with Crippen LogP contribution in [0.25, 0.3) is 66.1 Å². The summed E-state index contributed by atoms with van der Waals surface area (Å²) in [4.78, 5) is 5.25. The molecule has 8 aromatic carbocycles. The highest BCUT2D eigenvalue weighted by molar-refractivity contribution is 8.03. The molecule has 2 heterocycles. The van der Waals surface area contributed by atoms with Crippen molar-refractivity contribution in [3.63, 3.8) is 0 Å². The maximum absolute atomic E-state index is 2.56. The third-order valence-electron chi connectivity index (χ3n) is 14.1. The second kappa shape index (κ2) is 15.7. The molecular weight excluding hydrogens is 803 g/mol. The van der Waals surface area contributed by atoms with Gasteiger partial charge in [0.05, 0.1) is 6.04 Å². The van der Waals surface area contributed by atoms with E-state index in [9.17, 15) is 0 Å². The Bertz CT molecular complexity index is 3450. The molecule has 0 saturated heterocycles. The first-order valence-corrected chi connectivity index (χ1v) is 23.8. The van der Waals surface area contributed by atoms with Gasteiger partial charge in [-0.15, -0.1) is 0 Å². The summed E-state index contributed by atoms with van der Waals surface area (Å²) in [5.74, 6) is 0.510. The zero-order valence-electron chi connectivity index (χ0n) is 35.9. The van der Waals surface area contributed by atoms with E-state index in [-0.39, 0.29) is 17.9 Å². The topological polar surface area (TPSA) is 3.24 Å². The van der Waals surface area contributed by atoms with E-state index in [0.29, 0.717) is 0 Å². The Morgan fingerprint density at radius 2 is 1.25 bits per heavy atom. The average Bonchev–Trinajstić information content (AvgIpc) is 3.60. The summed E-state index contributed by atoms with van der Waals surface area (Å²) in [5.41, 5.74) is 18.0. The highest BCUT2D eigenvalue weighted by Crippen LogP contribution is 2.53. The second-order valence-corrected chi connectivity index (χ2v) is 18.8. The van der Waals surface area contributed by atoms with Crippen LogP contribution in [0.5, 0.6) is 0 Å². The third-order valence-corrected chi connectivity index (χ3v) is 15.3. The van der Waals surface area contributed by atoms with E-state index in [4.69, 9.17) is 0 Å². The van der Waals surface area contributed by atoms with Crippen molar-refractivity contribution in [3.05, 3.63) is 258 Å². The summed E-state index contributed by atoms with van der Waals surface area (Å²) in [7, 11) is 0. The number of hydrogen-bond acceptors (Lipinski definition) is 2. The molecule has 2 heteroatoms. The van der Waals surface area contributed by atoms with Gasteiger partial charge in [-0.25, -0.2) is 0 Å². The van der Waals surface area contributed by atoms with Gasteiger partial charge in [-0.1, -0.05) is 212 Å². The number of rotatable bonds is 6. The Labute approximate surface area is 385 Å². The number of allylic oxidation sites excluding steroid dienone is 11. The van der Waals surface area contributed by atoms with Crippen molar-refractivity contribution in [2.24, 2.45) is 0 Å². The Morgan fingerprint density at radius 3 is 2.06 bits per heavy atom. The molecule has 3 unspecified atom stereocenters. The molecule has 0 spiro atoms. The van der Waals surface area contributed by atoms with Crippen LogP contribution in [-0.4, -0.2) is 6.04 Å². The number of hydrogen-bond donors (Lipinski definition) is 0. The van der Waals surface area contributed by atoms with E-state index < -0.39 is 0 Å². The Kier molecular flexibility index (Phi) is 9.20. The van der Waals surface area contributed by atoms with Gasteiger partial charge in [0.15, 0.2) is 0 Å². The number of benzene rings is 8. The molecule has 13 rings (SSSR count).